The van der Waals surface area contributed by atoms with Crippen molar-refractivity contribution >= 4 is 27.6 Å². The summed E-state index contributed by atoms with van der Waals surface area (Å²) in [4.78, 5) is 17.1. The smallest absolute Gasteiger partial charge is 0.289 e. The van der Waals surface area contributed by atoms with Crippen LogP contribution in [-0.4, -0.2) is 41.9 Å². The highest BCUT2D eigenvalue weighted by Gasteiger charge is 2.30. The lowest BCUT2D eigenvalue weighted by Gasteiger charge is -2.36. The van der Waals surface area contributed by atoms with E-state index in [1.54, 1.807) is 17.0 Å². The van der Waals surface area contributed by atoms with Crippen LogP contribution in [0.2, 0.25) is 0 Å². The van der Waals surface area contributed by atoms with Gasteiger partial charge in [0.25, 0.3) is 5.91 Å². The molecule has 1 aliphatic rings. The van der Waals surface area contributed by atoms with Crippen molar-refractivity contribution in [2.24, 2.45) is 0 Å². The molecule has 5 nitrogen and oxygen atoms in total. The van der Waals surface area contributed by atoms with Crippen LogP contribution in [0.15, 0.2) is 65.1 Å². The van der Waals surface area contributed by atoms with Crippen molar-refractivity contribution in [3.8, 4) is 6.07 Å². The Labute approximate surface area is 185 Å². The van der Waals surface area contributed by atoms with Gasteiger partial charge in [-0.2, -0.15) is 5.26 Å². The Morgan fingerprint density at radius 2 is 1.72 bits per heavy atom. The molecule has 1 aromatic heterocycles. The lowest BCUT2D eigenvalue weighted by atomic mass is 10.0. The Bertz CT molecular complexity index is 1350. The van der Waals surface area contributed by atoms with E-state index < -0.39 is 6.04 Å². The van der Waals surface area contributed by atoms with Gasteiger partial charge in [0.15, 0.2) is 5.76 Å². The third-order valence-corrected chi connectivity index (χ3v) is 6.30. The van der Waals surface area contributed by atoms with Crippen LogP contribution in [0.25, 0.3) is 21.7 Å². The van der Waals surface area contributed by atoms with Crippen molar-refractivity contribution in [1.82, 2.24) is 9.80 Å². The molecule has 3 aromatic carbocycles. The molecule has 0 saturated carbocycles. The molecule has 0 unspecified atom stereocenters. The Kier molecular flexibility index (Phi) is 5.12. The first-order valence-corrected chi connectivity index (χ1v) is 10.7. The van der Waals surface area contributed by atoms with Gasteiger partial charge in [-0.15, -0.1) is 0 Å². The van der Waals surface area contributed by atoms with Gasteiger partial charge < -0.3 is 9.32 Å². The lowest BCUT2D eigenvalue weighted by molar-refractivity contribution is 0.0577. The minimum absolute atomic E-state index is 0.127. The monoisotopic (exact) mass is 427 g/mol. The second kappa shape index (κ2) is 8.10. The number of carbonyl (C=O) groups excluding carboxylic acids is 1. The van der Waals surface area contributed by atoms with Crippen molar-refractivity contribution in [2.45, 2.75) is 13.0 Å². The van der Waals surface area contributed by atoms with Crippen LogP contribution in [0.3, 0.4) is 0 Å². The molecular weight excluding hydrogens is 405 g/mol. The highest BCUT2D eigenvalue weighted by molar-refractivity contribution is 6.08. The second-order valence-corrected chi connectivity index (χ2v) is 8.13. The molecule has 0 radical (unpaired) electrons. The fraction of sp³-hybridized carbons (Fsp3) is 0.231. The number of rotatable bonds is 3. The van der Waals surface area contributed by atoms with E-state index in [0.29, 0.717) is 31.9 Å². The molecule has 1 amide bonds. The maximum Gasteiger partial charge on any atom is 0.289 e. The zero-order valence-corrected chi connectivity index (χ0v) is 17.7. The summed E-state index contributed by atoms with van der Waals surface area (Å²) in [5.41, 5.74) is 2.34. The summed E-state index contributed by atoms with van der Waals surface area (Å²) < 4.78 is 19.4. The van der Waals surface area contributed by atoms with Crippen LogP contribution in [0.5, 0.6) is 0 Å². The number of hydrogen-bond donors (Lipinski definition) is 0. The summed E-state index contributed by atoms with van der Waals surface area (Å²) in [7, 11) is 0. The maximum absolute atomic E-state index is 13.3. The van der Waals surface area contributed by atoms with Crippen molar-refractivity contribution in [2.75, 3.05) is 26.2 Å². The van der Waals surface area contributed by atoms with E-state index in [1.165, 1.54) is 12.1 Å². The summed E-state index contributed by atoms with van der Waals surface area (Å²) in [5.74, 6) is -0.0762. The molecule has 32 heavy (non-hydrogen) atoms. The molecule has 1 aliphatic heterocycles. The van der Waals surface area contributed by atoms with Crippen LogP contribution < -0.4 is 0 Å². The molecular formula is C26H22FN3O2. The number of carbonyl (C=O) groups is 1. The van der Waals surface area contributed by atoms with E-state index in [2.05, 4.69) is 6.07 Å². The van der Waals surface area contributed by atoms with Gasteiger partial charge >= 0.3 is 0 Å². The molecule has 1 fully saturated rings. The standard InChI is InChI=1S/C26H22FN3O2/c1-17-21-11-8-18-4-2-3-5-22(18)25(21)32-24(17)26(31)30-14-12-29(13-15-30)23(16-28)19-6-9-20(27)10-7-19/h2-11,23H,12-15H2,1H3/t23-/m0/s1. The minimum Gasteiger partial charge on any atom is -0.450 e. The number of nitrogens with zero attached hydrogens (tertiary/aromatic N) is 3. The van der Waals surface area contributed by atoms with Gasteiger partial charge in [-0.1, -0.05) is 48.5 Å². The van der Waals surface area contributed by atoms with Crippen LogP contribution in [-0.2, 0) is 0 Å². The number of fused-ring (bicyclic) bond motifs is 3. The highest BCUT2D eigenvalue weighted by Crippen LogP contribution is 2.32. The highest BCUT2D eigenvalue weighted by atomic mass is 19.1. The minimum atomic E-state index is -0.466. The Morgan fingerprint density at radius 3 is 2.44 bits per heavy atom. The number of hydrogen-bond acceptors (Lipinski definition) is 4. The van der Waals surface area contributed by atoms with Crippen molar-refractivity contribution < 1.29 is 13.6 Å². The number of halogens is 1. The van der Waals surface area contributed by atoms with Gasteiger partial charge in [0, 0.05) is 42.5 Å². The third kappa shape index (κ3) is 3.41. The summed E-state index contributed by atoms with van der Waals surface area (Å²) in [6, 6.07) is 19.9. The van der Waals surface area contributed by atoms with E-state index in [1.807, 2.05) is 48.2 Å². The summed E-state index contributed by atoms with van der Waals surface area (Å²) in [6.45, 7) is 4.03. The average Bonchev–Trinajstić information content (AvgIpc) is 3.17. The molecule has 0 aliphatic carbocycles. The van der Waals surface area contributed by atoms with Gasteiger partial charge in [-0.3, -0.25) is 9.69 Å². The number of furan rings is 1. The van der Waals surface area contributed by atoms with Crippen LogP contribution in [0, 0.1) is 24.1 Å². The second-order valence-electron chi connectivity index (χ2n) is 8.13. The van der Waals surface area contributed by atoms with Gasteiger partial charge in [0.1, 0.15) is 17.4 Å². The molecule has 2 heterocycles. The SMILES string of the molecule is Cc1c(C(=O)N2CCN([C@@H](C#N)c3ccc(F)cc3)CC2)oc2c1ccc1ccccc12. The molecule has 160 valence electrons. The Morgan fingerprint density at radius 1 is 1.00 bits per heavy atom. The van der Waals surface area contributed by atoms with Crippen molar-refractivity contribution in [3.63, 3.8) is 0 Å². The van der Waals surface area contributed by atoms with Crippen molar-refractivity contribution in [1.29, 1.82) is 5.26 Å². The Hall–Kier alpha value is -3.69. The zero-order valence-electron chi connectivity index (χ0n) is 17.7. The topological polar surface area (TPSA) is 60.5 Å². The first kappa shape index (κ1) is 20.2. The molecule has 0 bridgehead atoms. The van der Waals surface area contributed by atoms with E-state index in [0.717, 1.165) is 32.9 Å². The molecule has 1 atom stereocenters. The van der Waals surface area contributed by atoms with E-state index >= 15 is 0 Å². The normalized spacial score (nSPS) is 15.7. The maximum atomic E-state index is 13.3. The first-order chi connectivity index (χ1) is 15.6. The molecule has 6 heteroatoms. The number of amides is 1. The van der Waals surface area contributed by atoms with E-state index in [-0.39, 0.29) is 11.7 Å². The van der Waals surface area contributed by atoms with Gasteiger partial charge in [0.2, 0.25) is 0 Å². The van der Waals surface area contributed by atoms with Gasteiger partial charge in [-0.25, -0.2) is 4.39 Å². The average molecular weight is 427 g/mol. The third-order valence-electron chi connectivity index (χ3n) is 6.30. The Balaban J connectivity index is 1.36. The summed E-state index contributed by atoms with van der Waals surface area (Å²) >= 11 is 0. The van der Waals surface area contributed by atoms with Crippen molar-refractivity contribution in [3.05, 3.63) is 83.4 Å². The van der Waals surface area contributed by atoms with E-state index in [9.17, 15) is 14.4 Å². The largest absolute Gasteiger partial charge is 0.450 e. The molecule has 5 rings (SSSR count). The van der Waals surface area contributed by atoms with Crippen LogP contribution >= 0.6 is 0 Å². The number of piperazine rings is 1. The molecule has 1 saturated heterocycles. The fourth-order valence-corrected chi connectivity index (χ4v) is 4.49. The summed E-state index contributed by atoms with van der Waals surface area (Å²) in [5, 5.41) is 12.7. The fourth-order valence-electron chi connectivity index (χ4n) is 4.49. The number of benzene rings is 3. The first-order valence-electron chi connectivity index (χ1n) is 10.7. The zero-order chi connectivity index (χ0) is 22.2. The van der Waals surface area contributed by atoms with Crippen LogP contribution in [0.4, 0.5) is 4.39 Å². The van der Waals surface area contributed by atoms with Crippen LogP contribution in [0.1, 0.15) is 27.7 Å². The number of nitriles is 1. The quantitative estimate of drug-likeness (QED) is 0.459. The predicted molar refractivity (Wildman–Crippen MR) is 121 cm³/mol. The molecule has 0 spiro atoms. The summed E-state index contributed by atoms with van der Waals surface area (Å²) in [6.07, 6.45) is 0. The van der Waals surface area contributed by atoms with Gasteiger partial charge in [-0.05, 0) is 30.0 Å². The molecule has 0 N–H and O–H groups in total. The molecule has 4 aromatic rings. The van der Waals surface area contributed by atoms with Gasteiger partial charge in [0.05, 0.1) is 6.07 Å². The number of aryl methyl sites for hydroxylation is 1. The predicted octanol–water partition coefficient (Wildman–Crippen LogP) is 5.06. The van der Waals surface area contributed by atoms with E-state index in [4.69, 9.17) is 4.42 Å². The lowest BCUT2D eigenvalue weighted by Crippen LogP contribution is -2.49.